The van der Waals surface area contributed by atoms with Gasteiger partial charge in [-0.25, -0.2) is 0 Å². The number of allylic oxidation sites excluding steroid dienone is 4. The van der Waals surface area contributed by atoms with Crippen LogP contribution in [0, 0.1) is 5.41 Å². The Morgan fingerprint density at radius 2 is 1.72 bits per heavy atom. The molecular formula is C21H37BrO2Si. The highest BCUT2D eigenvalue weighted by atomic mass is 79.9. The topological polar surface area (TPSA) is 26.3 Å². The molecule has 0 aromatic rings. The van der Waals surface area contributed by atoms with Crippen LogP contribution in [-0.2, 0) is 9.22 Å². The zero-order chi connectivity index (χ0) is 19.4. The molecule has 0 bridgehead atoms. The molecule has 1 rings (SSSR count). The van der Waals surface area contributed by atoms with Crippen molar-refractivity contribution in [2.45, 2.75) is 97.7 Å². The first-order chi connectivity index (χ1) is 11.4. The molecule has 2 nitrogen and oxygen atoms in total. The zero-order valence-corrected chi connectivity index (χ0v) is 20.0. The first kappa shape index (κ1) is 22.7. The van der Waals surface area contributed by atoms with Crippen molar-refractivity contribution >= 4 is 30.2 Å². The third kappa shape index (κ3) is 5.32. The average Bonchev–Trinajstić information content (AvgIpc) is 2.50. The number of hydrogen-bond acceptors (Lipinski definition) is 2. The fourth-order valence-corrected chi connectivity index (χ4v) is 9.98. The van der Waals surface area contributed by atoms with Crippen LogP contribution >= 0.6 is 15.9 Å². The maximum atomic E-state index is 13.1. The van der Waals surface area contributed by atoms with Crippen LogP contribution in [0.1, 0.15) is 81.1 Å². The normalized spacial score (nSPS) is 18.2. The minimum absolute atomic E-state index is 0.0250. The molecule has 0 atom stereocenters. The van der Waals surface area contributed by atoms with Crippen molar-refractivity contribution in [3.05, 3.63) is 22.2 Å². The number of hydrogen-bond donors (Lipinski definition) is 0. The summed E-state index contributed by atoms with van der Waals surface area (Å²) in [5, 5.41) is 0. The van der Waals surface area contributed by atoms with E-state index in [0.717, 1.165) is 19.3 Å². The SMILES string of the molecule is CC(C)[Si](OC(=O)C(C)(C)C/C=C1\CCCC=C1Br)(C(C)C)C(C)C. The molecule has 0 spiro atoms. The number of carbonyl (C=O) groups is 1. The lowest BCUT2D eigenvalue weighted by Gasteiger charge is -2.43. The lowest BCUT2D eigenvalue weighted by Crippen LogP contribution is -2.51. The van der Waals surface area contributed by atoms with E-state index in [0.29, 0.717) is 16.6 Å². The quantitative estimate of drug-likeness (QED) is 0.391. The Balaban J connectivity index is 2.97. The van der Waals surface area contributed by atoms with Gasteiger partial charge in [-0.1, -0.05) is 69.6 Å². The van der Waals surface area contributed by atoms with Crippen molar-refractivity contribution < 1.29 is 9.22 Å². The van der Waals surface area contributed by atoms with E-state index in [2.05, 4.69) is 69.6 Å². The molecule has 144 valence electrons. The Hall–Kier alpha value is -0.353. The molecule has 0 aliphatic heterocycles. The number of carbonyl (C=O) groups excluding carboxylic acids is 1. The molecule has 0 unspecified atom stereocenters. The minimum Gasteiger partial charge on any atom is -0.518 e. The van der Waals surface area contributed by atoms with Gasteiger partial charge in [0.15, 0.2) is 0 Å². The second-order valence-electron chi connectivity index (χ2n) is 8.97. The van der Waals surface area contributed by atoms with Crippen molar-refractivity contribution in [1.29, 1.82) is 0 Å². The molecule has 0 radical (unpaired) electrons. The van der Waals surface area contributed by atoms with Gasteiger partial charge in [-0.3, -0.25) is 4.79 Å². The lowest BCUT2D eigenvalue weighted by molar-refractivity contribution is -0.145. The highest BCUT2D eigenvalue weighted by Gasteiger charge is 2.49. The molecule has 0 aromatic carbocycles. The molecule has 25 heavy (non-hydrogen) atoms. The molecule has 0 amide bonds. The fraction of sp³-hybridized carbons (Fsp3) is 0.762. The van der Waals surface area contributed by atoms with Crippen LogP contribution in [0.2, 0.25) is 16.6 Å². The maximum Gasteiger partial charge on any atom is 0.298 e. The van der Waals surface area contributed by atoms with Crippen molar-refractivity contribution in [3.63, 3.8) is 0 Å². The molecule has 0 saturated heterocycles. The third-order valence-corrected chi connectivity index (χ3v) is 12.5. The van der Waals surface area contributed by atoms with Crippen molar-refractivity contribution in [2.75, 3.05) is 0 Å². The highest BCUT2D eigenvalue weighted by molar-refractivity contribution is 9.12. The standard InChI is InChI=1S/C21H37BrO2Si/c1-15(2)25(16(3)4,17(5)6)24-20(23)21(7,8)14-13-18-11-9-10-12-19(18)22/h12-13,15-17H,9-11,14H2,1-8H3/b18-13+. The molecule has 0 aromatic heterocycles. The van der Waals surface area contributed by atoms with Crippen molar-refractivity contribution in [3.8, 4) is 0 Å². The monoisotopic (exact) mass is 428 g/mol. The largest absolute Gasteiger partial charge is 0.518 e. The molecule has 1 aliphatic rings. The van der Waals surface area contributed by atoms with Gasteiger partial charge in [0.1, 0.15) is 0 Å². The van der Waals surface area contributed by atoms with E-state index in [1.54, 1.807) is 0 Å². The van der Waals surface area contributed by atoms with Gasteiger partial charge >= 0.3 is 0 Å². The van der Waals surface area contributed by atoms with Crippen molar-refractivity contribution in [2.24, 2.45) is 5.41 Å². The van der Waals surface area contributed by atoms with E-state index in [1.807, 2.05) is 13.8 Å². The summed E-state index contributed by atoms with van der Waals surface area (Å²) in [7, 11) is -2.17. The van der Waals surface area contributed by atoms with Gasteiger partial charge in [0, 0.05) is 4.48 Å². The third-order valence-electron chi connectivity index (χ3n) is 5.67. The fourth-order valence-electron chi connectivity index (χ4n) is 4.09. The Labute approximate surface area is 164 Å². The van der Waals surface area contributed by atoms with Gasteiger partial charge in [-0.15, -0.1) is 0 Å². The van der Waals surface area contributed by atoms with E-state index < -0.39 is 13.7 Å². The van der Waals surface area contributed by atoms with Crippen LogP contribution in [-0.4, -0.2) is 14.3 Å². The van der Waals surface area contributed by atoms with Crippen LogP contribution < -0.4 is 0 Å². The van der Waals surface area contributed by atoms with E-state index >= 15 is 0 Å². The van der Waals surface area contributed by atoms with Crippen LogP contribution in [0.3, 0.4) is 0 Å². The summed E-state index contributed by atoms with van der Waals surface area (Å²) in [4.78, 5) is 13.1. The Morgan fingerprint density at radius 3 is 2.16 bits per heavy atom. The molecule has 0 N–H and O–H groups in total. The zero-order valence-electron chi connectivity index (χ0n) is 17.4. The van der Waals surface area contributed by atoms with E-state index in [9.17, 15) is 4.79 Å². The van der Waals surface area contributed by atoms with Crippen molar-refractivity contribution in [1.82, 2.24) is 0 Å². The predicted molar refractivity (Wildman–Crippen MR) is 114 cm³/mol. The summed E-state index contributed by atoms with van der Waals surface area (Å²) in [6, 6.07) is 0. The van der Waals surface area contributed by atoms with E-state index in [-0.39, 0.29) is 5.97 Å². The number of rotatable bonds is 7. The van der Waals surface area contributed by atoms with Crippen LogP contribution in [0.15, 0.2) is 22.2 Å². The van der Waals surface area contributed by atoms with E-state index in [1.165, 1.54) is 16.5 Å². The molecule has 1 aliphatic carbocycles. The summed E-state index contributed by atoms with van der Waals surface area (Å²) in [6.07, 6.45) is 8.59. The van der Waals surface area contributed by atoms with Gasteiger partial charge in [0.05, 0.1) is 5.41 Å². The first-order valence-corrected chi connectivity index (χ1v) is 12.7. The predicted octanol–water partition coefficient (Wildman–Crippen LogP) is 7.51. The minimum atomic E-state index is -2.17. The smallest absolute Gasteiger partial charge is 0.298 e. The van der Waals surface area contributed by atoms with Gasteiger partial charge in [-0.05, 0) is 61.7 Å². The first-order valence-electron chi connectivity index (χ1n) is 9.73. The summed E-state index contributed by atoms with van der Waals surface area (Å²) in [5.41, 5.74) is 2.09. The van der Waals surface area contributed by atoms with Crippen LogP contribution in [0.25, 0.3) is 0 Å². The summed E-state index contributed by atoms with van der Waals surface area (Å²) in [6.45, 7) is 17.4. The van der Waals surface area contributed by atoms with Crippen LogP contribution in [0.4, 0.5) is 0 Å². The van der Waals surface area contributed by atoms with E-state index in [4.69, 9.17) is 4.43 Å². The molecule has 4 heteroatoms. The Morgan fingerprint density at radius 1 is 1.20 bits per heavy atom. The second kappa shape index (κ2) is 9.03. The Bertz CT molecular complexity index is 508. The van der Waals surface area contributed by atoms with Crippen LogP contribution in [0.5, 0.6) is 0 Å². The second-order valence-corrected chi connectivity index (χ2v) is 15.2. The summed E-state index contributed by atoms with van der Waals surface area (Å²) >= 11 is 3.65. The van der Waals surface area contributed by atoms with Gasteiger partial charge in [0.2, 0.25) is 0 Å². The van der Waals surface area contributed by atoms with Gasteiger partial charge in [0.25, 0.3) is 14.3 Å². The molecular weight excluding hydrogens is 392 g/mol. The summed E-state index contributed by atoms with van der Waals surface area (Å²) < 4.78 is 7.59. The maximum absolute atomic E-state index is 13.1. The molecule has 0 fully saturated rings. The lowest BCUT2D eigenvalue weighted by atomic mass is 9.87. The number of halogens is 1. The van der Waals surface area contributed by atoms with Gasteiger partial charge in [-0.2, -0.15) is 0 Å². The Kier molecular flexibility index (Phi) is 8.20. The van der Waals surface area contributed by atoms with Gasteiger partial charge < -0.3 is 4.43 Å². The average molecular weight is 430 g/mol. The summed E-state index contributed by atoms with van der Waals surface area (Å²) in [5.74, 6) is -0.0250. The highest BCUT2D eigenvalue weighted by Crippen LogP contribution is 2.44. The molecule has 0 heterocycles. The molecule has 0 saturated carbocycles.